The van der Waals surface area contributed by atoms with Crippen molar-refractivity contribution in [3.8, 4) is 0 Å². The summed E-state index contributed by atoms with van der Waals surface area (Å²) in [6.07, 6.45) is 0. The molecule has 0 atom stereocenters. The molecule has 0 aliphatic rings. The maximum absolute atomic E-state index is 2.12. The molecule has 32 valence electrons. The van der Waals surface area contributed by atoms with Crippen molar-refractivity contribution in [3.05, 3.63) is 0 Å². The molecule has 0 aromatic heterocycles. The Hall–Kier alpha value is 1.06. The van der Waals surface area contributed by atoms with Gasteiger partial charge in [-0.25, -0.2) is 0 Å². The van der Waals surface area contributed by atoms with Crippen molar-refractivity contribution in [1.29, 1.82) is 0 Å². The van der Waals surface area contributed by atoms with Gasteiger partial charge in [-0.05, 0) is 0 Å². The van der Waals surface area contributed by atoms with Crippen molar-refractivity contribution < 1.29 is 37.2 Å². The summed E-state index contributed by atoms with van der Waals surface area (Å²) in [4.78, 5) is 0. The summed E-state index contributed by atoms with van der Waals surface area (Å²) in [5, 5.41) is 0. The fourth-order valence-corrected chi connectivity index (χ4v) is 0. The molecule has 0 rings (SSSR count). The quantitative estimate of drug-likeness (QED) is 0.451. The molecule has 0 radical (unpaired) electrons. The van der Waals surface area contributed by atoms with Crippen LogP contribution in [0, 0.1) is 0 Å². The zero-order chi connectivity index (χ0) is 4.50. The third-order valence-corrected chi connectivity index (χ3v) is 0. The van der Waals surface area contributed by atoms with E-state index in [0.29, 0.717) is 0 Å². The normalized spacial score (nSPS) is 10.0. The molecule has 0 spiro atoms. The standard InChI is InChI=1S/C4H12N.Y/c1-5(2,3)4;/h1-4H3;/q+1;+3. The van der Waals surface area contributed by atoms with E-state index in [-0.39, 0.29) is 32.7 Å². The second-order valence-corrected chi connectivity index (χ2v) is 2.68. The van der Waals surface area contributed by atoms with Crippen molar-refractivity contribution in [3.63, 3.8) is 0 Å². The number of hydrogen-bond donors (Lipinski definition) is 0. The van der Waals surface area contributed by atoms with Crippen molar-refractivity contribution in [2.45, 2.75) is 0 Å². The topological polar surface area (TPSA) is 0 Å². The smallest absolute Gasteiger partial charge is 0.333 e. The first-order chi connectivity index (χ1) is 2.00. The summed E-state index contributed by atoms with van der Waals surface area (Å²) in [5.74, 6) is 0. The van der Waals surface area contributed by atoms with Crippen LogP contribution in [0.25, 0.3) is 0 Å². The average molecular weight is 163 g/mol. The van der Waals surface area contributed by atoms with Gasteiger partial charge in [0.05, 0.1) is 28.2 Å². The summed E-state index contributed by atoms with van der Waals surface area (Å²) >= 11 is 0. The van der Waals surface area contributed by atoms with Gasteiger partial charge in [-0.1, -0.05) is 0 Å². The minimum absolute atomic E-state index is 0. The van der Waals surface area contributed by atoms with Gasteiger partial charge in [0.15, 0.2) is 0 Å². The van der Waals surface area contributed by atoms with Gasteiger partial charge >= 0.3 is 32.7 Å². The monoisotopic (exact) mass is 163 g/mol. The van der Waals surface area contributed by atoms with Gasteiger partial charge in [0.1, 0.15) is 0 Å². The average Bonchev–Trinajstić information content (AvgIpc) is 0.722. The maximum atomic E-state index is 2.12. The molecule has 0 bridgehead atoms. The Labute approximate surface area is 65.2 Å². The Balaban J connectivity index is 0. The first-order valence-corrected chi connectivity index (χ1v) is 1.79. The van der Waals surface area contributed by atoms with Crippen LogP contribution < -0.4 is 0 Å². The Morgan fingerprint density at radius 2 is 0.833 bits per heavy atom. The van der Waals surface area contributed by atoms with Gasteiger partial charge in [-0.15, -0.1) is 0 Å². The van der Waals surface area contributed by atoms with E-state index < -0.39 is 0 Å². The van der Waals surface area contributed by atoms with Gasteiger partial charge in [-0.2, -0.15) is 0 Å². The predicted molar refractivity (Wildman–Crippen MR) is 24.0 cm³/mol. The first-order valence-electron chi connectivity index (χ1n) is 1.79. The number of hydrogen-bond acceptors (Lipinski definition) is 0. The van der Waals surface area contributed by atoms with Crippen LogP contribution in [0.15, 0.2) is 0 Å². The fourth-order valence-electron chi connectivity index (χ4n) is 0. The van der Waals surface area contributed by atoms with E-state index in [1.54, 1.807) is 0 Å². The fraction of sp³-hybridized carbons (Fsp3) is 1.00. The molecule has 0 amide bonds. The largest absolute Gasteiger partial charge is 3.00 e. The zero-order valence-corrected chi connectivity index (χ0v) is 7.86. The van der Waals surface area contributed by atoms with Gasteiger partial charge in [-0.3, -0.25) is 0 Å². The van der Waals surface area contributed by atoms with Crippen LogP contribution in [0.4, 0.5) is 0 Å². The molecule has 0 aliphatic heterocycles. The van der Waals surface area contributed by atoms with E-state index in [1.165, 1.54) is 0 Å². The van der Waals surface area contributed by atoms with Gasteiger partial charge < -0.3 is 4.48 Å². The molecule has 0 unspecified atom stereocenters. The molecule has 0 fully saturated rings. The predicted octanol–water partition coefficient (Wildman–Crippen LogP) is 0.320. The molecule has 0 saturated carbocycles. The first kappa shape index (κ1) is 10.1. The summed E-state index contributed by atoms with van der Waals surface area (Å²) in [6.45, 7) is 0. The van der Waals surface area contributed by atoms with Crippen molar-refractivity contribution >= 4 is 0 Å². The molecule has 0 saturated heterocycles. The van der Waals surface area contributed by atoms with Crippen LogP contribution in [-0.2, 0) is 32.7 Å². The molecule has 0 aromatic carbocycles. The van der Waals surface area contributed by atoms with Crippen molar-refractivity contribution in [1.82, 2.24) is 0 Å². The Morgan fingerprint density at radius 1 is 0.833 bits per heavy atom. The Morgan fingerprint density at radius 3 is 0.833 bits per heavy atom. The molecule has 0 N–H and O–H groups in total. The molecule has 2 heteroatoms. The van der Waals surface area contributed by atoms with Crippen molar-refractivity contribution in [2.24, 2.45) is 0 Å². The van der Waals surface area contributed by atoms with Gasteiger partial charge in [0.2, 0.25) is 0 Å². The summed E-state index contributed by atoms with van der Waals surface area (Å²) in [5.41, 5.74) is 0. The number of quaternary nitrogens is 1. The summed E-state index contributed by atoms with van der Waals surface area (Å²) < 4.78 is 1.00. The number of nitrogens with zero attached hydrogens (tertiary/aromatic N) is 1. The Kier molecular flexibility index (Phi) is 5.26. The van der Waals surface area contributed by atoms with E-state index in [9.17, 15) is 0 Å². The summed E-state index contributed by atoms with van der Waals surface area (Å²) in [7, 11) is 8.50. The van der Waals surface area contributed by atoms with E-state index >= 15 is 0 Å². The molecule has 6 heavy (non-hydrogen) atoms. The SMILES string of the molecule is C[N+](C)(C)C.[Y+3]. The third kappa shape index (κ3) is 73.9. The molecule has 0 aromatic rings. The second-order valence-electron chi connectivity index (χ2n) is 2.68. The maximum Gasteiger partial charge on any atom is 3.00 e. The van der Waals surface area contributed by atoms with Crippen LogP contribution in [0.3, 0.4) is 0 Å². The molecule has 0 heterocycles. The third-order valence-electron chi connectivity index (χ3n) is 0. The Bertz CT molecular complexity index is 23.0. The van der Waals surface area contributed by atoms with Crippen LogP contribution in [0.5, 0.6) is 0 Å². The van der Waals surface area contributed by atoms with Crippen LogP contribution in [-0.4, -0.2) is 32.7 Å². The minimum atomic E-state index is 0. The van der Waals surface area contributed by atoms with Gasteiger partial charge in [0, 0.05) is 0 Å². The van der Waals surface area contributed by atoms with Gasteiger partial charge in [0.25, 0.3) is 0 Å². The zero-order valence-electron chi connectivity index (χ0n) is 5.02. The van der Waals surface area contributed by atoms with E-state index in [2.05, 4.69) is 28.2 Å². The molecule has 1 nitrogen and oxygen atoms in total. The molecule has 0 aliphatic carbocycles. The van der Waals surface area contributed by atoms with Crippen LogP contribution in [0.1, 0.15) is 0 Å². The molecular formula is C4H12NY+4. The van der Waals surface area contributed by atoms with Crippen LogP contribution >= 0.6 is 0 Å². The minimum Gasteiger partial charge on any atom is -0.333 e. The molecular weight excluding hydrogens is 151 g/mol. The summed E-state index contributed by atoms with van der Waals surface area (Å²) in [6, 6.07) is 0. The van der Waals surface area contributed by atoms with Crippen LogP contribution in [0.2, 0.25) is 0 Å². The van der Waals surface area contributed by atoms with E-state index in [0.717, 1.165) is 4.48 Å². The van der Waals surface area contributed by atoms with E-state index in [4.69, 9.17) is 0 Å². The number of rotatable bonds is 0. The second kappa shape index (κ2) is 3.12. The van der Waals surface area contributed by atoms with Crippen molar-refractivity contribution in [2.75, 3.05) is 28.2 Å². The van der Waals surface area contributed by atoms with E-state index in [1.807, 2.05) is 0 Å².